The lowest BCUT2D eigenvalue weighted by molar-refractivity contribution is 0.166. The van der Waals surface area contributed by atoms with Gasteiger partial charge in [0.1, 0.15) is 12.4 Å². The molecule has 1 aromatic carbocycles. The highest BCUT2D eigenvalue weighted by Gasteiger charge is 2.31. The van der Waals surface area contributed by atoms with Crippen LogP contribution in [0.5, 0.6) is 5.75 Å². The van der Waals surface area contributed by atoms with Gasteiger partial charge in [0.15, 0.2) is 0 Å². The number of hydrogen-bond acceptors (Lipinski definition) is 5. The van der Waals surface area contributed by atoms with E-state index in [1.54, 1.807) is 7.11 Å². The average Bonchev–Trinajstić information content (AvgIpc) is 3.50. The minimum atomic E-state index is -0.334. The van der Waals surface area contributed by atoms with E-state index < -0.39 is 0 Å². The van der Waals surface area contributed by atoms with Crippen molar-refractivity contribution in [3.63, 3.8) is 0 Å². The van der Waals surface area contributed by atoms with Gasteiger partial charge in [0.25, 0.3) is 0 Å². The highest BCUT2D eigenvalue weighted by molar-refractivity contribution is 5.84. The smallest absolute Gasteiger partial charge is 0.335 e. The van der Waals surface area contributed by atoms with Crippen molar-refractivity contribution in [1.82, 2.24) is 10.3 Å². The first kappa shape index (κ1) is 22.4. The molecule has 0 spiro atoms. The minimum Gasteiger partial charge on any atom is -0.496 e. The van der Waals surface area contributed by atoms with E-state index in [0.717, 1.165) is 59.8 Å². The lowest BCUT2D eigenvalue weighted by Gasteiger charge is -2.23. The molecule has 3 N–H and O–H groups in total. The van der Waals surface area contributed by atoms with Gasteiger partial charge in [0.2, 0.25) is 0 Å². The number of methoxy groups -OCH3 is 1. The Bertz CT molecular complexity index is 974. The third kappa shape index (κ3) is 4.99. The van der Waals surface area contributed by atoms with Gasteiger partial charge in [-0.05, 0) is 80.5 Å². The van der Waals surface area contributed by atoms with Crippen molar-refractivity contribution in [3.8, 4) is 5.75 Å². The standard InChI is InChI=1S/C25H34N4O3/c1-16(14-18-12-13-24(31-3)21-8-4-6-20(18)21)28-32-15-22-19(17-10-11-17)7-5-9-23(22)27-25(30)29(2)26/h9,12-13,17H,4-8,10-11,14-15,26H2,1-3H3,(H,27,30)/b28-16-. The van der Waals surface area contributed by atoms with Crippen LogP contribution in [0.4, 0.5) is 4.79 Å². The largest absolute Gasteiger partial charge is 0.496 e. The molecule has 0 aliphatic heterocycles. The summed E-state index contributed by atoms with van der Waals surface area (Å²) in [5.41, 5.74) is 8.24. The summed E-state index contributed by atoms with van der Waals surface area (Å²) in [5, 5.41) is 8.40. The molecule has 1 saturated carbocycles. The van der Waals surface area contributed by atoms with Crippen molar-refractivity contribution < 1.29 is 14.4 Å². The molecule has 4 rings (SSSR count). The fourth-order valence-corrected chi connectivity index (χ4v) is 4.82. The number of nitrogens with two attached hydrogens (primary N) is 1. The maximum atomic E-state index is 12.1. The number of allylic oxidation sites excluding steroid dienone is 2. The maximum Gasteiger partial charge on any atom is 0.335 e. The first-order valence-electron chi connectivity index (χ1n) is 11.5. The number of oxime groups is 1. The number of amides is 2. The number of nitrogens with zero attached hydrogens (tertiary/aromatic N) is 2. The molecule has 7 heteroatoms. The van der Waals surface area contributed by atoms with Crippen LogP contribution in [0.2, 0.25) is 0 Å². The van der Waals surface area contributed by atoms with Crippen LogP contribution in [0, 0.1) is 5.92 Å². The summed E-state index contributed by atoms with van der Waals surface area (Å²) in [5.74, 6) is 7.19. The lowest BCUT2D eigenvalue weighted by Crippen LogP contribution is -2.42. The molecular weight excluding hydrogens is 404 g/mol. The summed E-state index contributed by atoms with van der Waals surface area (Å²) in [6, 6.07) is 3.88. The molecule has 1 fully saturated rings. The van der Waals surface area contributed by atoms with Crippen LogP contribution in [0.25, 0.3) is 0 Å². The number of ether oxygens (including phenoxy) is 1. The van der Waals surface area contributed by atoms with E-state index >= 15 is 0 Å². The molecule has 0 atom stereocenters. The maximum absolute atomic E-state index is 12.1. The van der Waals surface area contributed by atoms with E-state index in [1.165, 1.54) is 48.6 Å². The van der Waals surface area contributed by atoms with E-state index in [2.05, 4.69) is 28.7 Å². The van der Waals surface area contributed by atoms with Gasteiger partial charge in [-0.25, -0.2) is 10.6 Å². The zero-order valence-electron chi connectivity index (χ0n) is 19.4. The number of carbonyl (C=O) groups is 1. The van der Waals surface area contributed by atoms with E-state index in [9.17, 15) is 4.79 Å². The quantitative estimate of drug-likeness (QED) is 0.278. The molecule has 0 unspecified atom stereocenters. The van der Waals surface area contributed by atoms with Crippen molar-refractivity contribution >= 4 is 11.7 Å². The van der Waals surface area contributed by atoms with Gasteiger partial charge in [-0.2, -0.15) is 0 Å². The predicted molar refractivity (Wildman–Crippen MR) is 125 cm³/mol. The van der Waals surface area contributed by atoms with Crippen LogP contribution in [-0.2, 0) is 24.1 Å². The SMILES string of the molecule is COc1ccc(C/C(C)=N\OCC2=C(C3CC3)CCC=C2NC(=O)N(C)N)c2c1CCC2. The Labute approximate surface area is 190 Å². The Balaban J connectivity index is 1.44. The molecule has 0 bridgehead atoms. The number of hydrazine groups is 1. The second-order valence-electron chi connectivity index (χ2n) is 8.99. The molecule has 3 aliphatic rings. The van der Waals surface area contributed by atoms with Crippen molar-refractivity contribution in [1.29, 1.82) is 0 Å². The van der Waals surface area contributed by atoms with Crippen LogP contribution in [0.1, 0.15) is 55.7 Å². The first-order chi connectivity index (χ1) is 15.5. The summed E-state index contributed by atoms with van der Waals surface area (Å²) in [7, 11) is 3.27. The molecule has 3 aliphatic carbocycles. The molecule has 0 aromatic heterocycles. The normalized spacial score (nSPS) is 18.2. The van der Waals surface area contributed by atoms with Gasteiger partial charge in [-0.15, -0.1) is 0 Å². The summed E-state index contributed by atoms with van der Waals surface area (Å²) < 4.78 is 5.53. The topological polar surface area (TPSA) is 89.2 Å². The lowest BCUT2D eigenvalue weighted by atomic mass is 9.92. The van der Waals surface area contributed by atoms with Gasteiger partial charge in [-0.3, -0.25) is 5.01 Å². The molecule has 0 saturated heterocycles. The van der Waals surface area contributed by atoms with Gasteiger partial charge in [-0.1, -0.05) is 22.9 Å². The molecule has 7 nitrogen and oxygen atoms in total. The van der Waals surface area contributed by atoms with E-state index in [4.69, 9.17) is 15.4 Å². The number of benzene rings is 1. The first-order valence-corrected chi connectivity index (χ1v) is 11.5. The third-order valence-electron chi connectivity index (χ3n) is 6.54. The van der Waals surface area contributed by atoms with Crippen LogP contribution in [0.3, 0.4) is 0 Å². The fourth-order valence-electron chi connectivity index (χ4n) is 4.82. The molecule has 0 heterocycles. The van der Waals surface area contributed by atoms with E-state index in [1.807, 2.05) is 6.92 Å². The predicted octanol–water partition coefficient (Wildman–Crippen LogP) is 4.02. The molecule has 2 amide bonds. The van der Waals surface area contributed by atoms with Gasteiger partial charge in [0.05, 0.1) is 12.8 Å². The molecule has 1 aromatic rings. The second kappa shape index (κ2) is 9.77. The van der Waals surface area contributed by atoms with Crippen molar-refractivity contribution in [2.24, 2.45) is 16.9 Å². The number of rotatable bonds is 8. The second-order valence-corrected chi connectivity index (χ2v) is 8.99. The average molecular weight is 439 g/mol. The molecule has 32 heavy (non-hydrogen) atoms. The number of hydrogen-bond donors (Lipinski definition) is 2. The third-order valence-corrected chi connectivity index (χ3v) is 6.54. The van der Waals surface area contributed by atoms with Crippen molar-refractivity contribution in [2.45, 2.75) is 58.3 Å². The number of fused-ring (bicyclic) bond motifs is 1. The minimum absolute atomic E-state index is 0.334. The van der Waals surface area contributed by atoms with E-state index in [0.29, 0.717) is 12.5 Å². The van der Waals surface area contributed by atoms with Crippen molar-refractivity contribution in [3.05, 3.63) is 51.7 Å². The Hall–Kier alpha value is -2.80. The highest BCUT2D eigenvalue weighted by Crippen LogP contribution is 2.43. The van der Waals surface area contributed by atoms with Gasteiger partial charge < -0.3 is 14.9 Å². The molecular formula is C25H34N4O3. The summed E-state index contributed by atoms with van der Waals surface area (Å²) in [4.78, 5) is 17.9. The number of urea groups is 1. The summed E-state index contributed by atoms with van der Waals surface area (Å²) in [6.07, 6.45) is 10.5. The van der Waals surface area contributed by atoms with Crippen LogP contribution < -0.4 is 15.9 Å². The number of carbonyl (C=O) groups excluding carboxylic acids is 1. The van der Waals surface area contributed by atoms with E-state index in [-0.39, 0.29) is 6.03 Å². The van der Waals surface area contributed by atoms with Crippen LogP contribution in [-0.4, -0.2) is 37.5 Å². The van der Waals surface area contributed by atoms with Gasteiger partial charge in [0, 0.05) is 24.7 Å². The molecule has 172 valence electrons. The van der Waals surface area contributed by atoms with Gasteiger partial charge >= 0.3 is 6.03 Å². The summed E-state index contributed by atoms with van der Waals surface area (Å²) >= 11 is 0. The van der Waals surface area contributed by atoms with Crippen LogP contribution in [0.15, 0.2) is 40.2 Å². The zero-order chi connectivity index (χ0) is 22.7. The Morgan fingerprint density at radius 1 is 1.25 bits per heavy atom. The Morgan fingerprint density at radius 3 is 2.75 bits per heavy atom. The van der Waals surface area contributed by atoms with Crippen LogP contribution >= 0.6 is 0 Å². The zero-order valence-corrected chi connectivity index (χ0v) is 19.4. The highest BCUT2D eigenvalue weighted by atomic mass is 16.6. The van der Waals surface area contributed by atoms with Crippen molar-refractivity contribution in [2.75, 3.05) is 20.8 Å². The summed E-state index contributed by atoms with van der Waals surface area (Å²) in [6.45, 7) is 2.36. The molecule has 0 radical (unpaired) electrons. The number of nitrogens with one attached hydrogen (secondary N) is 1. The monoisotopic (exact) mass is 438 g/mol. The Morgan fingerprint density at radius 2 is 2.03 bits per heavy atom. The Kier molecular flexibility index (Phi) is 6.84. The fraction of sp³-hybridized carbons (Fsp3) is 0.520.